The van der Waals surface area contributed by atoms with Crippen molar-refractivity contribution in [3.05, 3.63) is 62.5 Å². The predicted octanol–water partition coefficient (Wildman–Crippen LogP) is 5.64. The van der Waals surface area contributed by atoms with E-state index >= 15 is 0 Å². The molecule has 0 saturated carbocycles. The molecule has 0 unspecified atom stereocenters. The van der Waals surface area contributed by atoms with Crippen LogP contribution in [-0.2, 0) is 4.74 Å². The van der Waals surface area contributed by atoms with E-state index in [0.717, 1.165) is 56.1 Å². The molecule has 0 aliphatic carbocycles. The lowest BCUT2D eigenvalue weighted by Gasteiger charge is -2.14. The Kier molecular flexibility index (Phi) is 5.80. The van der Waals surface area contributed by atoms with E-state index < -0.39 is 0 Å². The maximum Gasteiger partial charge on any atom is 0.252 e. The summed E-state index contributed by atoms with van der Waals surface area (Å²) < 4.78 is 7.57. The SMILES string of the molecule is Cc1cc(Br)cc2c(C(=O)NC[C@@H]3CCCO3)cc(-c3ccc(Br)cc3)nc12. The minimum absolute atomic E-state index is 0.0984. The Morgan fingerprint density at radius 3 is 2.68 bits per heavy atom. The van der Waals surface area contributed by atoms with Crippen molar-refractivity contribution in [2.45, 2.75) is 25.9 Å². The molecule has 1 N–H and O–H groups in total. The number of nitrogens with one attached hydrogen (secondary N) is 1. The van der Waals surface area contributed by atoms with Gasteiger partial charge in [0.15, 0.2) is 0 Å². The lowest BCUT2D eigenvalue weighted by Crippen LogP contribution is -2.32. The Morgan fingerprint density at radius 1 is 1.18 bits per heavy atom. The number of rotatable bonds is 4. The number of fused-ring (bicyclic) bond motifs is 1. The molecule has 4 nitrogen and oxygen atoms in total. The van der Waals surface area contributed by atoms with Gasteiger partial charge in [-0.15, -0.1) is 0 Å². The van der Waals surface area contributed by atoms with E-state index in [4.69, 9.17) is 9.72 Å². The second kappa shape index (κ2) is 8.31. The molecule has 2 aromatic carbocycles. The summed E-state index contributed by atoms with van der Waals surface area (Å²) in [7, 11) is 0. The van der Waals surface area contributed by atoms with Crippen LogP contribution in [0.4, 0.5) is 0 Å². The number of hydrogen-bond acceptors (Lipinski definition) is 3. The first-order valence-electron chi connectivity index (χ1n) is 9.28. The molecule has 4 rings (SSSR count). The number of aromatic nitrogens is 1. The summed E-state index contributed by atoms with van der Waals surface area (Å²) >= 11 is 7.01. The predicted molar refractivity (Wildman–Crippen MR) is 119 cm³/mol. The van der Waals surface area contributed by atoms with Crippen LogP contribution in [0.1, 0.15) is 28.8 Å². The number of halogens is 2. The van der Waals surface area contributed by atoms with Crippen LogP contribution in [-0.4, -0.2) is 30.1 Å². The molecule has 1 aliphatic heterocycles. The van der Waals surface area contributed by atoms with Gasteiger partial charge < -0.3 is 10.1 Å². The topological polar surface area (TPSA) is 51.2 Å². The summed E-state index contributed by atoms with van der Waals surface area (Å²) in [6.45, 7) is 3.32. The number of ether oxygens (including phenoxy) is 1. The Bertz CT molecular complexity index is 1030. The molecule has 1 aliphatic rings. The number of aryl methyl sites for hydroxylation is 1. The van der Waals surface area contributed by atoms with Crippen LogP contribution in [0.3, 0.4) is 0 Å². The molecule has 28 heavy (non-hydrogen) atoms. The van der Waals surface area contributed by atoms with Crippen molar-refractivity contribution in [3.8, 4) is 11.3 Å². The van der Waals surface area contributed by atoms with Gasteiger partial charge in [-0.2, -0.15) is 0 Å². The minimum atomic E-state index is -0.0984. The van der Waals surface area contributed by atoms with Gasteiger partial charge in [0.05, 0.1) is 22.9 Å². The lowest BCUT2D eigenvalue weighted by atomic mass is 10.0. The van der Waals surface area contributed by atoms with Crippen molar-refractivity contribution in [1.82, 2.24) is 10.3 Å². The van der Waals surface area contributed by atoms with Crippen molar-refractivity contribution < 1.29 is 9.53 Å². The minimum Gasteiger partial charge on any atom is -0.376 e. The highest BCUT2D eigenvalue weighted by atomic mass is 79.9. The third-order valence-corrected chi connectivity index (χ3v) is 5.95. The Morgan fingerprint density at radius 2 is 1.96 bits per heavy atom. The van der Waals surface area contributed by atoms with E-state index in [-0.39, 0.29) is 12.0 Å². The van der Waals surface area contributed by atoms with Gasteiger partial charge in [-0.25, -0.2) is 4.98 Å². The van der Waals surface area contributed by atoms with Gasteiger partial charge in [-0.05, 0) is 55.7 Å². The molecule has 144 valence electrons. The average Bonchev–Trinajstić information content (AvgIpc) is 3.20. The number of benzene rings is 2. The van der Waals surface area contributed by atoms with Gasteiger partial charge in [0, 0.05) is 33.0 Å². The van der Waals surface area contributed by atoms with Crippen LogP contribution >= 0.6 is 31.9 Å². The summed E-state index contributed by atoms with van der Waals surface area (Å²) in [6, 6.07) is 13.8. The maximum atomic E-state index is 13.1. The highest BCUT2D eigenvalue weighted by Crippen LogP contribution is 2.30. The average molecular weight is 504 g/mol. The van der Waals surface area contributed by atoms with Gasteiger partial charge in [-0.3, -0.25) is 4.79 Å². The quantitative estimate of drug-likeness (QED) is 0.501. The smallest absolute Gasteiger partial charge is 0.252 e. The molecule has 1 aromatic heterocycles. The van der Waals surface area contributed by atoms with E-state index in [1.165, 1.54) is 0 Å². The Balaban J connectivity index is 1.77. The highest BCUT2D eigenvalue weighted by Gasteiger charge is 2.19. The molecule has 1 saturated heterocycles. The summed E-state index contributed by atoms with van der Waals surface area (Å²) in [6.07, 6.45) is 2.15. The first kappa shape index (κ1) is 19.6. The van der Waals surface area contributed by atoms with E-state index in [2.05, 4.69) is 37.2 Å². The molecule has 1 atom stereocenters. The molecule has 1 fully saturated rings. The zero-order valence-electron chi connectivity index (χ0n) is 15.5. The van der Waals surface area contributed by atoms with Crippen molar-refractivity contribution in [3.63, 3.8) is 0 Å². The first-order chi connectivity index (χ1) is 13.5. The fourth-order valence-electron chi connectivity index (χ4n) is 3.52. The molecule has 2 heterocycles. The van der Waals surface area contributed by atoms with E-state index in [9.17, 15) is 4.79 Å². The monoisotopic (exact) mass is 502 g/mol. The van der Waals surface area contributed by atoms with Crippen molar-refractivity contribution in [1.29, 1.82) is 0 Å². The molecule has 0 radical (unpaired) electrons. The number of carbonyl (C=O) groups excluding carboxylic acids is 1. The van der Waals surface area contributed by atoms with Crippen LogP contribution in [0.5, 0.6) is 0 Å². The first-order valence-corrected chi connectivity index (χ1v) is 10.9. The lowest BCUT2D eigenvalue weighted by molar-refractivity contribution is 0.0859. The van der Waals surface area contributed by atoms with E-state index in [1.54, 1.807) is 0 Å². The van der Waals surface area contributed by atoms with Crippen LogP contribution in [0.25, 0.3) is 22.2 Å². The van der Waals surface area contributed by atoms with Crippen LogP contribution < -0.4 is 5.32 Å². The molecule has 0 bridgehead atoms. The van der Waals surface area contributed by atoms with Gasteiger partial charge in [0.25, 0.3) is 5.91 Å². The van der Waals surface area contributed by atoms with Crippen LogP contribution in [0, 0.1) is 6.92 Å². The number of pyridine rings is 1. The van der Waals surface area contributed by atoms with Crippen LogP contribution in [0.2, 0.25) is 0 Å². The summed E-state index contributed by atoms with van der Waals surface area (Å²) in [4.78, 5) is 17.9. The fourth-order valence-corrected chi connectivity index (χ4v) is 4.36. The van der Waals surface area contributed by atoms with Crippen molar-refractivity contribution in [2.75, 3.05) is 13.2 Å². The molecular formula is C22H20Br2N2O2. The second-order valence-electron chi connectivity index (χ2n) is 7.03. The summed E-state index contributed by atoms with van der Waals surface area (Å²) in [5.74, 6) is -0.0984. The number of amides is 1. The highest BCUT2D eigenvalue weighted by molar-refractivity contribution is 9.10. The molecular weight excluding hydrogens is 484 g/mol. The van der Waals surface area contributed by atoms with Gasteiger partial charge in [-0.1, -0.05) is 44.0 Å². The molecule has 0 spiro atoms. The third kappa shape index (κ3) is 4.14. The number of nitrogens with zero attached hydrogens (tertiary/aromatic N) is 1. The van der Waals surface area contributed by atoms with Crippen LogP contribution in [0.15, 0.2) is 51.4 Å². The zero-order chi connectivity index (χ0) is 19.7. The van der Waals surface area contributed by atoms with Gasteiger partial charge in [0.2, 0.25) is 0 Å². The summed E-state index contributed by atoms with van der Waals surface area (Å²) in [5.41, 5.74) is 4.25. The largest absolute Gasteiger partial charge is 0.376 e. The third-order valence-electron chi connectivity index (χ3n) is 4.97. The molecule has 1 amide bonds. The van der Waals surface area contributed by atoms with Crippen molar-refractivity contribution in [2.24, 2.45) is 0 Å². The Labute approximate surface area is 180 Å². The molecule has 6 heteroatoms. The zero-order valence-corrected chi connectivity index (χ0v) is 18.6. The standard InChI is InChI=1S/C22H20Br2N2O2/c1-13-9-16(24)10-18-19(22(27)25-12-17-3-2-8-28-17)11-20(26-21(13)18)14-4-6-15(23)7-5-14/h4-7,9-11,17H,2-3,8,12H2,1H3,(H,25,27)/t17-/m0/s1. The van der Waals surface area contributed by atoms with Crippen molar-refractivity contribution >= 4 is 48.7 Å². The molecule has 3 aromatic rings. The maximum absolute atomic E-state index is 13.1. The van der Waals surface area contributed by atoms with Gasteiger partial charge in [0.1, 0.15) is 0 Å². The summed E-state index contributed by atoms with van der Waals surface area (Å²) in [5, 5.41) is 3.89. The number of carbonyl (C=O) groups is 1. The van der Waals surface area contributed by atoms with E-state index in [1.807, 2.05) is 49.4 Å². The fraction of sp³-hybridized carbons (Fsp3) is 0.273. The van der Waals surface area contributed by atoms with Gasteiger partial charge >= 0.3 is 0 Å². The normalized spacial score (nSPS) is 16.5. The second-order valence-corrected chi connectivity index (χ2v) is 8.86. The Hall–Kier alpha value is -1.76. The number of hydrogen-bond donors (Lipinski definition) is 1. The van der Waals surface area contributed by atoms with E-state index in [0.29, 0.717) is 12.1 Å².